The monoisotopic (exact) mass is 443 g/mol. The van der Waals surface area contributed by atoms with E-state index < -0.39 is 11.1 Å². The van der Waals surface area contributed by atoms with Gasteiger partial charge in [0.25, 0.3) is 0 Å². The Balaban J connectivity index is 1.45. The molecule has 1 fully saturated rings. The molecule has 0 bridgehead atoms. The number of likely N-dealkylation sites (tertiary alicyclic amines) is 1. The molecule has 1 atom stereocenters. The number of benzene rings is 1. The molecule has 2 aromatic heterocycles. The summed E-state index contributed by atoms with van der Waals surface area (Å²) in [4.78, 5) is 32.2. The largest absolute Gasteiger partial charge is 0.332 e. The van der Waals surface area contributed by atoms with E-state index in [4.69, 9.17) is 16.7 Å². The number of thiazole rings is 1. The van der Waals surface area contributed by atoms with Gasteiger partial charge >= 0.3 is 11.1 Å². The average molecular weight is 444 g/mol. The molecular weight excluding hydrogens is 422 g/mol. The summed E-state index contributed by atoms with van der Waals surface area (Å²) in [6.07, 6.45) is 1.74. The van der Waals surface area contributed by atoms with Gasteiger partial charge in [0.15, 0.2) is 0 Å². The van der Waals surface area contributed by atoms with Crippen LogP contribution in [0.3, 0.4) is 0 Å². The molecule has 5 rings (SSSR count). The van der Waals surface area contributed by atoms with E-state index in [1.165, 1.54) is 16.0 Å². The Kier molecular flexibility index (Phi) is 4.88. The van der Waals surface area contributed by atoms with Crippen molar-refractivity contribution in [2.45, 2.75) is 44.8 Å². The van der Waals surface area contributed by atoms with E-state index in [-0.39, 0.29) is 12.0 Å². The minimum atomic E-state index is -0.577. The number of nitrogens with zero attached hydrogens (tertiary/aromatic N) is 5. The molecule has 0 radical (unpaired) electrons. The van der Waals surface area contributed by atoms with Crippen LogP contribution in [-0.4, -0.2) is 37.3 Å². The van der Waals surface area contributed by atoms with Crippen molar-refractivity contribution in [1.82, 2.24) is 24.2 Å². The maximum atomic E-state index is 12.8. The molecule has 156 valence electrons. The second-order valence-electron chi connectivity index (χ2n) is 8.18. The number of hydrogen-bond acceptors (Lipinski definition) is 6. The minimum absolute atomic E-state index is 0.201. The third-order valence-corrected chi connectivity index (χ3v) is 7.38. The highest BCUT2D eigenvalue weighted by Gasteiger charge is 2.47. The zero-order valence-corrected chi connectivity index (χ0v) is 18.2. The Labute approximate surface area is 182 Å². The molecule has 0 amide bonds. The van der Waals surface area contributed by atoms with Gasteiger partial charge in [-0.25, -0.2) is 9.67 Å². The standard InChI is InChI=1S/C21H22ClN5O2S/c1-14-23-16(12-30-14)11-27-19(29)18(28)26-9-7-21(20(26)24-27)6-8-25(13-21)10-15-4-2-3-5-17(15)22/h2-5,12H,6-11,13H2,1H3/t21-/m1/s1. The number of aromatic nitrogens is 4. The van der Waals surface area contributed by atoms with Gasteiger partial charge in [-0.15, -0.1) is 11.3 Å². The summed E-state index contributed by atoms with van der Waals surface area (Å²) in [5, 5.41) is 8.30. The Morgan fingerprint density at radius 3 is 2.70 bits per heavy atom. The predicted molar refractivity (Wildman–Crippen MR) is 116 cm³/mol. The van der Waals surface area contributed by atoms with E-state index in [1.54, 1.807) is 4.57 Å². The summed E-state index contributed by atoms with van der Waals surface area (Å²) in [5.74, 6) is 0.737. The van der Waals surface area contributed by atoms with Gasteiger partial charge in [-0.2, -0.15) is 5.10 Å². The van der Waals surface area contributed by atoms with Crippen molar-refractivity contribution in [2.24, 2.45) is 0 Å². The number of halogens is 1. The van der Waals surface area contributed by atoms with Crippen LogP contribution in [0.1, 0.15) is 34.9 Å². The Hall–Kier alpha value is -2.29. The summed E-state index contributed by atoms with van der Waals surface area (Å²) < 4.78 is 2.89. The lowest BCUT2D eigenvalue weighted by molar-refractivity contribution is 0.298. The first-order valence-corrected chi connectivity index (χ1v) is 11.3. The van der Waals surface area contributed by atoms with Gasteiger partial charge < -0.3 is 0 Å². The van der Waals surface area contributed by atoms with Gasteiger partial charge in [-0.05, 0) is 37.9 Å². The second kappa shape index (κ2) is 7.44. The fourth-order valence-electron chi connectivity index (χ4n) is 4.66. The molecule has 3 aromatic rings. The quantitative estimate of drug-likeness (QED) is 0.579. The fourth-order valence-corrected chi connectivity index (χ4v) is 5.46. The van der Waals surface area contributed by atoms with E-state index >= 15 is 0 Å². The molecule has 0 unspecified atom stereocenters. The lowest BCUT2D eigenvalue weighted by Gasteiger charge is -2.24. The van der Waals surface area contributed by atoms with Gasteiger partial charge in [0, 0.05) is 35.5 Å². The molecule has 1 saturated heterocycles. The van der Waals surface area contributed by atoms with Crippen LogP contribution in [0, 0.1) is 6.92 Å². The summed E-state index contributed by atoms with van der Waals surface area (Å²) in [7, 11) is 0. The van der Waals surface area contributed by atoms with Gasteiger partial charge in [0.2, 0.25) is 0 Å². The van der Waals surface area contributed by atoms with E-state index in [0.29, 0.717) is 6.54 Å². The number of aryl methyl sites for hydroxylation is 1. The smallest absolute Gasteiger partial charge is 0.298 e. The van der Waals surface area contributed by atoms with Gasteiger partial charge in [-0.1, -0.05) is 29.8 Å². The van der Waals surface area contributed by atoms with Crippen molar-refractivity contribution in [2.75, 3.05) is 13.1 Å². The van der Waals surface area contributed by atoms with Crippen molar-refractivity contribution in [3.8, 4) is 0 Å². The van der Waals surface area contributed by atoms with Crippen LogP contribution < -0.4 is 11.1 Å². The highest BCUT2D eigenvalue weighted by atomic mass is 35.5. The van der Waals surface area contributed by atoms with Gasteiger partial charge in [0.1, 0.15) is 5.82 Å². The van der Waals surface area contributed by atoms with Crippen molar-refractivity contribution >= 4 is 22.9 Å². The molecule has 2 aliphatic rings. The van der Waals surface area contributed by atoms with E-state index in [2.05, 4.69) is 9.88 Å². The molecule has 0 aliphatic carbocycles. The van der Waals surface area contributed by atoms with E-state index in [0.717, 1.165) is 59.6 Å². The van der Waals surface area contributed by atoms with Crippen LogP contribution in [0.5, 0.6) is 0 Å². The lowest BCUT2D eigenvalue weighted by atomic mass is 9.85. The first-order valence-electron chi connectivity index (χ1n) is 10.0. The molecule has 9 heteroatoms. The van der Waals surface area contributed by atoms with Crippen molar-refractivity contribution < 1.29 is 0 Å². The third-order valence-electron chi connectivity index (χ3n) is 6.18. The average Bonchev–Trinajstić information content (AvgIpc) is 3.42. The van der Waals surface area contributed by atoms with Crippen LogP contribution in [0.4, 0.5) is 0 Å². The summed E-state index contributed by atoms with van der Waals surface area (Å²) >= 11 is 7.87. The molecule has 0 N–H and O–H groups in total. The number of hydrogen-bond donors (Lipinski definition) is 0. The Morgan fingerprint density at radius 2 is 1.93 bits per heavy atom. The second-order valence-corrected chi connectivity index (χ2v) is 9.65. The minimum Gasteiger partial charge on any atom is -0.298 e. The molecule has 1 aromatic carbocycles. The van der Waals surface area contributed by atoms with Crippen LogP contribution in [0.15, 0.2) is 39.2 Å². The Morgan fingerprint density at radius 1 is 1.13 bits per heavy atom. The molecule has 30 heavy (non-hydrogen) atoms. The van der Waals surface area contributed by atoms with Gasteiger partial charge in [-0.3, -0.25) is 19.1 Å². The summed E-state index contributed by atoms with van der Waals surface area (Å²) in [5.41, 5.74) is 0.605. The van der Waals surface area contributed by atoms with Crippen LogP contribution in [-0.2, 0) is 25.0 Å². The van der Waals surface area contributed by atoms with E-state index in [9.17, 15) is 9.59 Å². The van der Waals surface area contributed by atoms with Crippen LogP contribution in [0.2, 0.25) is 5.02 Å². The molecule has 7 nitrogen and oxygen atoms in total. The SMILES string of the molecule is Cc1nc(Cn2nc3n(c(=O)c2=O)CC[C@@]32CCN(Cc3ccccc3Cl)C2)cs1. The highest BCUT2D eigenvalue weighted by Crippen LogP contribution is 2.41. The fraction of sp³-hybridized carbons (Fsp3) is 0.429. The normalized spacial score (nSPS) is 20.9. The molecule has 4 heterocycles. The zero-order valence-electron chi connectivity index (χ0n) is 16.7. The molecule has 2 aliphatic heterocycles. The van der Waals surface area contributed by atoms with Gasteiger partial charge in [0.05, 0.1) is 17.2 Å². The number of fused-ring (bicyclic) bond motifs is 2. The predicted octanol–water partition coefficient (Wildman–Crippen LogP) is 2.42. The highest BCUT2D eigenvalue weighted by molar-refractivity contribution is 7.09. The van der Waals surface area contributed by atoms with Crippen LogP contribution in [0.25, 0.3) is 0 Å². The molecular formula is C21H22ClN5O2S. The number of rotatable bonds is 4. The van der Waals surface area contributed by atoms with E-state index in [1.807, 2.05) is 36.6 Å². The Bertz CT molecular complexity index is 1230. The zero-order chi connectivity index (χ0) is 20.9. The molecule has 1 spiro atoms. The maximum absolute atomic E-state index is 12.8. The summed E-state index contributed by atoms with van der Waals surface area (Å²) in [6.45, 7) is 5.18. The van der Waals surface area contributed by atoms with Crippen molar-refractivity contribution in [3.05, 3.63) is 77.5 Å². The first-order chi connectivity index (χ1) is 14.4. The first kappa shape index (κ1) is 19.7. The topological polar surface area (TPSA) is 73.0 Å². The van der Waals surface area contributed by atoms with Crippen molar-refractivity contribution in [1.29, 1.82) is 0 Å². The lowest BCUT2D eigenvalue weighted by Crippen LogP contribution is -2.45. The third kappa shape index (κ3) is 3.33. The van der Waals surface area contributed by atoms with Crippen LogP contribution >= 0.6 is 22.9 Å². The maximum Gasteiger partial charge on any atom is 0.332 e. The van der Waals surface area contributed by atoms with Crippen molar-refractivity contribution in [3.63, 3.8) is 0 Å². The molecule has 0 saturated carbocycles. The summed E-state index contributed by atoms with van der Waals surface area (Å²) in [6, 6.07) is 7.89.